The molecule has 0 aliphatic carbocycles. The highest BCUT2D eigenvalue weighted by Crippen LogP contribution is 2.45. The summed E-state index contributed by atoms with van der Waals surface area (Å²) in [6.07, 6.45) is 0. The first-order chi connectivity index (χ1) is 9.76. The number of rotatable bonds is 5. The summed E-state index contributed by atoms with van der Waals surface area (Å²) in [5, 5.41) is 0. The van der Waals surface area contributed by atoms with Gasteiger partial charge in [0.2, 0.25) is 0 Å². The zero-order chi connectivity index (χ0) is 14.5. The van der Waals surface area contributed by atoms with Crippen molar-refractivity contribution in [1.82, 2.24) is 0 Å². The van der Waals surface area contributed by atoms with Gasteiger partial charge < -0.3 is 18.9 Å². The lowest BCUT2D eigenvalue weighted by Gasteiger charge is -2.17. The largest absolute Gasteiger partial charge is 0.496 e. The van der Waals surface area contributed by atoms with E-state index < -0.39 is 0 Å². The van der Waals surface area contributed by atoms with Crippen molar-refractivity contribution in [2.45, 2.75) is 0 Å². The van der Waals surface area contributed by atoms with E-state index in [0.717, 1.165) is 11.1 Å². The fraction of sp³-hybridized carbons (Fsp3) is 0.250. The van der Waals surface area contributed by atoms with Gasteiger partial charge in [-0.3, -0.25) is 0 Å². The second-order valence-corrected chi connectivity index (χ2v) is 4.00. The average molecular weight is 273 g/mol. The third-order valence-corrected chi connectivity index (χ3v) is 3.02. The molecule has 0 saturated heterocycles. The van der Waals surface area contributed by atoms with E-state index in [9.17, 15) is 0 Å². The summed E-state index contributed by atoms with van der Waals surface area (Å²) in [7, 11) is 6.42. The predicted molar refractivity (Wildman–Crippen MR) is 76.9 cm³/mol. The lowest BCUT2D eigenvalue weighted by Crippen LogP contribution is -1.97. The minimum atomic E-state index is 0.593. The molecule has 0 heterocycles. The Bertz CT molecular complexity index is 571. The first kappa shape index (κ1) is 14.1. The van der Waals surface area contributed by atoms with E-state index in [1.165, 1.54) is 0 Å². The first-order valence-corrected chi connectivity index (χ1v) is 6.10. The standard InChI is InChI=1S/C16H17O4/c1-17-12-8-6-9-13(18-2)15(12)11-7-5-10-14(19-3)16(11)20-4/h5-8,10H,1-4H3. The van der Waals surface area contributed by atoms with Crippen molar-refractivity contribution in [2.75, 3.05) is 28.4 Å². The Labute approximate surface area is 118 Å². The minimum Gasteiger partial charge on any atom is -0.496 e. The highest BCUT2D eigenvalue weighted by atomic mass is 16.5. The maximum absolute atomic E-state index is 5.47. The van der Waals surface area contributed by atoms with Gasteiger partial charge >= 0.3 is 0 Å². The molecule has 2 aromatic carbocycles. The maximum atomic E-state index is 5.47. The van der Waals surface area contributed by atoms with Crippen molar-refractivity contribution in [2.24, 2.45) is 0 Å². The molecule has 2 rings (SSSR count). The van der Waals surface area contributed by atoms with Crippen LogP contribution in [-0.2, 0) is 0 Å². The second-order valence-electron chi connectivity index (χ2n) is 4.00. The number of para-hydroxylation sites is 1. The van der Waals surface area contributed by atoms with Gasteiger partial charge in [0, 0.05) is 11.6 Å². The molecule has 0 aliphatic rings. The molecule has 20 heavy (non-hydrogen) atoms. The van der Waals surface area contributed by atoms with Gasteiger partial charge in [-0.05, 0) is 18.2 Å². The average Bonchev–Trinajstić information content (AvgIpc) is 2.52. The van der Waals surface area contributed by atoms with Gasteiger partial charge in [-0.2, -0.15) is 0 Å². The van der Waals surface area contributed by atoms with Gasteiger partial charge in [0.05, 0.1) is 34.0 Å². The van der Waals surface area contributed by atoms with Crippen LogP contribution in [0.2, 0.25) is 0 Å². The van der Waals surface area contributed by atoms with Crippen molar-refractivity contribution in [3.63, 3.8) is 0 Å². The molecule has 0 unspecified atom stereocenters. The summed E-state index contributed by atoms with van der Waals surface area (Å²) >= 11 is 0. The van der Waals surface area contributed by atoms with Crippen molar-refractivity contribution >= 4 is 0 Å². The Morgan fingerprint density at radius 2 is 1.55 bits per heavy atom. The molecule has 0 aliphatic heterocycles. The molecule has 0 aromatic heterocycles. The molecule has 0 N–H and O–H groups in total. The quantitative estimate of drug-likeness (QED) is 0.838. The SMILES string of the molecule is COc1[c]ccc(OC)c1-c1cccc(OC)c1OC. The van der Waals surface area contributed by atoms with Crippen LogP contribution in [0.15, 0.2) is 30.3 Å². The van der Waals surface area contributed by atoms with Crippen LogP contribution in [0.3, 0.4) is 0 Å². The zero-order valence-electron chi connectivity index (χ0n) is 12.0. The van der Waals surface area contributed by atoms with Crippen molar-refractivity contribution in [3.05, 3.63) is 36.4 Å². The number of hydrogen-bond donors (Lipinski definition) is 0. The Balaban J connectivity index is 2.74. The molecular formula is C16H17O4. The van der Waals surface area contributed by atoms with Crippen molar-refractivity contribution in [1.29, 1.82) is 0 Å². The van der Waals surface area contributed by atoms with Crippen LogP contribution in [0.25, 0.3) is 11.1 Å². The van der Waals surface area contributed by atoms with E-state index in [1.54, 1.807) is 34.5 Å². The Hall–Kier alpha value is -2.36. The van der Waals surface area contributed by atoms with E-state index in [2.05, 4.69) is 6.07 Å². The van der Waals surface area contributed by atoms with E-state index in [0.29, 0.717) is 23.0 Å². The van der Waals surface area contributed by atoms with Gasteiger partial charge in [-0.1, -0.05) is 12.1 Å². The maximum Gasteiger partial charge on any atom is 0.168 e. The highest BCUT2D eigenvalue weighted by molar-refractivity contribution is 5.82. The van der Waals surface area contributed by atoms with E-state index in [1.807, 2.05) is 24.3 Å². The second kappa shape index (κ2) is 6.19. The van der Waals surface area contributed by atoms with Gasteiger partial charge in [0.15, 0.2) is 11.5 Å². The smallest absolute Gasteiger partial charge is 0.168 e. The van der Waals surface area contributed by atoms with E-state index >= 15 is 0 Å². The van der Waals surface area contributed by atoms with Gasteiger partial charge in [-0.25, -0.2) is 0 Å². The fourth-order valence-electron chi connectivity index (χ4n) is 2.13. The van der Waals surface area contributed by atoms with Crippen LogP contribution < -0.4 is 18.9 Å². The highest BCUT2D eigenvalue weighted by Gasteiger charge is 2.19. The Morgan fingerprint density at radius 1 is 0.800 bits per heavy atom. The summed E-state index contributed by atoms with van der Waals surface area (Å²) < 4.78 is 21.6. The number of methoxy groups -OCH3 is 4. The van der Waals surface area contributed by atoms with Crippen LogP contribution in [0, 0.1) is 6.07 Å². The lowest BCUT2D eigenvalue weighted by atomic mass is 10.0. The molecule has 4 heteroatoms. The number of benzene rings is 2. The molecule has 0 fully saturated rings. The van der Waals surface area contributed by atoms with Gasteiger partial charge in [-0.15, -0.1) is 0 Å². The van der Waals surface area contributed by atoms with Gasteiger partial charge in [0.25, 0.3) is 0 Å². The summed E-state index contributed by atoms with van der Waals surface area (Å²) in [5.74, 6) is 2.56. The molecule has 0 amide bonds. The summed E-state index contributed by atoms with van der Waals surface area (Å²) in [5.41, 5.74) is 1.62. The molecular weight excluding hydrogens is 256 g/mol. The van der Waals surface area contributed by atoms with Crippen LogP contribution >= 0.6 is 0 Å². The Kier molecular flexibility index (Phi) is 4.35. The van der Waals surface area contributed by atoms with Crippen LogP contribution in [0.1, 0.15) is 0 Å². The minimum absolute atomic E-state index is 0.593. The third kappa shape index (κ3) is 2.37. The molecule has 0 saturated carbocycles. The fourth-order valence-corrected chi connectivity index (χ4v) is 2.13. The lowest BCUT2D eigenvalue weighted by molar-refractivity contribution is 0.355. The first-order valence-electron chi connectivity index (χ1n) is 6.10. The van der Waals surface area contributed by atoms with Crippen molar-refractivity contribution in [3.8, 4) is 34.1 Å². The number of hydrogen-bond acceptors (Lipinski definition) is 4. The molecule has 4 nitrogen and oxygen atoms in total. The molecule has 105 valence electrons. The third-order valence-electron chi connectivity index (χ3n) is 3.02. The molecule has 2 aromatic rings. The molecule has 1 radical (unpaired) electrons. The summed E-state index contributed by atoms with van der Waals surface area (Å²) in [6.45, 7) is 0. The predicted octanol–water partition coefficient (Wildman–Crippen LogP) is 3.19. The van der Waals surface area contributed by atoms with E-state index in [4.69, 9.17) is 18.9 Å². The summed E-state index contributed by atoms with van der Waals surface area (Å²) in [4.78, 5) is 0. The summed E-state index contributed by atoms with van der Waals surface area (Å²) in [6, 6.07) is 12.3. The number of ether oxygens (including phenoxy) is 4. The van der Waals surface area contributed by atoms with Crippen molar-refractivity contribution < 1.29 is 18.9 Å². The van der Waals surface area contributed by atoms with Crippen LogP contribution in [-0.4, -0.2) is 28.4 Å². The Morgan fingerprint density at radius 3 is 2.15 bits per heavy atom. The molecule has 0 spiro atoms. The zero-order valence-corrected chi connectivity index (χ0v) is 12.0. The molecule has 0 bridgehead atoms. The monoisotopic (exact) mass is 273 g/mol. The van der Waals surface area contributed by atoms with Crippen LogP contribution in [0.4, 0.5) is 0 Å². The molecule has 0 atom stereocenters. The normalized spacial score (nSPS) is 10.0. The van der Waals surface area contributed by atoms with Crippen LogP contribution in [0.5, 0.6) is 23.0 Å². The van der Waals surface area contributed by atoms with Gasteiger partial charge in [0.1, 0.15) is 11.5 Å². The topological polar surface area (TPSA) is 36.9 Å². The van der Waals surface area contributed by atoms with E-state index in [-0.39, 0.29) is 0 Å².